The van der Waals surface area contributed by atoms with Gasteiger partial charge >= 0.3 is 0 Å². The molecule has 0 aliphatic carbocycles. The molecule has 20 heavy (non-hydrogen) atoms. The number of benzene rings is 1. The Hall–Kier alpha value is -2.62. The second kappa shape index (κ2) is 7.09. The van der Waals surface area contributed by atoms with Gasteiger partial charge in [0.15, 0.2) is 0 Å². The standard InChI is InChI=1S/C13H16N4O3/c1-3-16(4-2)13(18)9-15-11-5-6-12(17(19)20)10(7-11)8-14/h5-7,15H,3-4,9H2,1-2H3. The third kappa shape index (κ3) is 3.68. The van der Waals surface area contributed by atoms with E-state index in [1.165, 1.54) is 18.2 Å². The molecule has 0 aliphatic heterocycles. The number of nitriles is 1. The number of hydrogen-bond donors (Lipinski definition) is 1. The predicted octanol–water partition coefficient (Wildman–Crippen LogP) is 1.75. The Morgan fingerprint density at radius 1 is 1.45 bits per heavy atom. The minimum atomic E-state index is -0.608. The summed E-state index contributed by atoms with van der Waals surface area (Å²) in [6.07, 6.45) is 0. The number of anilines is 1. The molecule has 7 nitrogen and oxygen atoms in total. The Morgan fingerprint density at radius 2 is 2.10 bits per heavy atom. The maximum absolute atomic E-state index is 11.8. The van der Waals surface area contributed by atoms with Gasteiger partial charge < -0.3 is 10.2 Å². The summed E-state index contributed by atoms with van der Waals surface area (Å²) in [5.41, 5.74) is 0.232. The SMILES string of the molecule is CCN(CC)C(=O)CNc1ccc([N+](=O)[O-])c(C#N)c1. The second-order valence-corrected chi connectivity index (χ2v) is 4.02. The number of carbonyl (C=O) groups excluding carboxylic acids is 1. The van der Waals surface area contributed by atoms with Crippen LogP contribution in [-0.4, -0.2) is 35.4 Å². The number of carbonyl (C=O) groups is 1. The van der Waals surface area contributed by atoms with Crippen LogP contribution in [0.3, 0.4) is 0 Å². The maximum Gasteiger partial charge on any atom is 0.287 e. The van der Waals surface area contributed by atoms with Gasteiger partial charge in [0.05, 0.1) is 11.5 Å². The van der Waals surface area contributed by atoms with Crippen molar-refractivity contribution < 1.29 is 9.72 Å². The molecule has 0 saturated heterocycles. The number of rotatable bonds is 6. The van der Waals surface area contributed by atoms with Crippen molar-refractivity contribution in [2.45, 2.75) is 13.8 Å². The fourth-order valence-corrected chi connectivity index (χ4v) is 1.76. The molecule has 0 spiro atoms. The molecule has 106 valence electrons. The zero-order chi connectivity index (χ0) is 15.1. The van der Waals surface area contributed by atoms with Gasteiger partial charge in [0, 0.05) is 24.8 Å². The zero-order valence-electron chi connectivity index (χ0n) is 11.4. The van der Waals surface area contributed by atoms with E-state index in [2.05, 4.69) is 5.32 Å². The van der Waals surface area contributed by atoms with Crippen molar-refractivity contribution >= 4 is 17.3 Å². The van der Waals surface area contributed by atoms with E-state index in [1.807, 2.05) is 13.8 Å². The summed E-state index contributed by atoms with van der Waals surface area (Å²) < 4.78 is 0. The molecule has 1 aromatic rings. The van der Waals surface area contributed by atoms with E-state index in [-0.39, 0.29) is 23.7 Å². The summed E-state index contributed by atoms with van der Waals surface area (Å²) in [5, 5.41) is 22.4. The maximum atomic E-state index is 11.8. The van der Waals surface area contributed by atoms with Crippen molar-refractivity contribution in [2.24, 2.45) is 0 Å². The molecular weight excluding hydrogens is 260 g/mol. The first-order chi connectivity index (χ1) is 9.53. The topological polar surface area (TPSA) is 99.3 Å². The van der Waals surface area contributed by atoms with Gasteiger partial charge in [0.1, 0.15) is 11.6 Å². The number of nitrogens with one attached hydrogen (secondary N) is 1. The molecule has 0 aliphatic rings. The highest BCUT2D eigenvalue weighted by Gasteiger charge is 2.14. The predicted molar refractivity (Wildman–Crippen MR) is 74.2 cm³/mol. The van der Waals surface area contributed by atoms with Gasteiger partial charge in [-0.15, -0.1) is 0 Å². The fourth-order valence-electron chi connectivity index (χ4n) is 1.76. The second-order valence-electron chi connectivity index (χ2n) is 4.02. The van der Waals surface area contributed by atoms with E-state index in [4.69, 9.17) is 5.26 Å². The van der Waals surface area contributed by atoms with Crippen molar-refractivity contribution in [3.63, 3.8) is 0 Å². The van der Waals surface area contributed by atoms with Gasteiger partial charge in [-0.2, -0.15) is 5.26 Å². The van der Waals surface area contributed by atoms with Gasteiger partial charge in [0.25, 0.3) is 5.69 Å². The van der Waals surface area contributed by atoms with Crippen LogP contribution in [0.4, 0.5) is 11.4 Å². The third-order valence-electron chi connectivity index (χ3n) is 2.87. The average Bonchev–Trinajstić information content (AvgIpc) is 2.45. The van der Waals surface area contributed by atoms with Crippen LogP contribution in [0.5, 0.6) is 0 Å². The molecule has 0 aromatic heterocycles. The van der Waals surface area contributed by atoms with E-state index < -0.39 is 4.92 Å². The van der Waals surface area contributed by atoms with E-state index >= 15 is 0 Å². The molecule has 0 bridgehead atoms. The van der Waals surface area contributed by atoms with E-state index in [9.17, 15) is 14.9 Å². The van der Waals surface area contributed by atoms with Crippen molar-refractivity contribution in [3.05, 3.63) is 33.9 Å². The highest BCUT2D eigenvalue weighted by atomic mass is 16.6. The lowest BCUT2D eigenvalue weighted by Crippen LogP contribution is -2.35. The van der Waals surface area contributed by atoms with Crippen LogP contribution >= 0.6 is 0 Å². The van der Waals surface area contributed by atoms with Crippen LogP contribution in [0.1, 0.15) is 19.4 Å². The number of hydrogen-bond acceptors (Lipinski definition) is 5. The molecule has 1 aromatic carbocycles. The Balaban J connectivity index is 2.78. The Morgan fingerprint density at radius 3 is 2.60 bits per heavy atom. The smallest absolute Gasteiger partial charge is 0.287 e. The lowest BCUT2D eigenvalue weighted by Gasteiger charge is -2.19. The van der Waals surface area contributed by atoms with Crippen molar-refractivity contribution in [3.8, 4) is 6.07 Å². The Bertz CT molecular complexity index is 547. The number of nitrogens with zero attached hydrogens (tertiary/aromatic N) is 3. The van der Waals surface area contributed by atoms with Gasteiger partial charge in [-0.3, -0.25) is 14.9 Å². The molecule has 7 heteroatoms. The summed E-state index contributed by atoms with van der Waals surface area (Å²) in [5.74, 6) is -0.0631. The van der Waals surface area contributed by atoms with Gasteiger partial charge in [-0.1, -0.05) is 0 Å². The monoisotopic (exact) mass is 276 g/mol. The van der Waals surface area contributed by atoms with Crippen LogP contribution < -0.4 is 5.32 Å². The lowest BCUT2D eigenvalue weighted by molar-refractivity contribution is -0.385. The highest BCUT2D eigenvalue weighted by molar-refractivity contribution is 5.81. The van der Waals surface area contributed by atoms with Crippen LogP contribution in [-0.2, 0) is 4.79 Å². The molecule has 0 atom stereocenters. The molecule has 0 radical (unpaired) electrons. The lowest BCUT2D eigenvalue weighted by atomic mass is 10.1. The number of likely N-dealkylation sites (N-methyl/N-ethyl adjacent to an activating group) is 1. The molecule has 0 unspecified atom stereocenters. The van der Waals surface area contributed by atoms with E-state index in [1.54, 1.807) is 11.0 Å². The molecular formula is C13H16N4O3. The summed E-state index contributed by atoms with van der Waals surface area (Å²) >= 11 is 0. The van der Waals surface area contributed by atoms with Gasteiger partial charge in [0.2, 0.25) is 5.91 Å². The first-order valence-corrected chi connectivity index (χ1v) is 6.23. The largest absolute Gasteiger partial charge is 0.376 e. The van der Waals surface area contributed by atoms with Crippen molar-refractivity contribution in [1.29, 1.82) is 5.26 Å². The van der Waals surface area contributed by atoms with Gasteiger partial charge in [-0.05, 0) is 26.0 Å². The van der Waals surface area contributed by atoms with E-state index in [0.29, 0.717) is 18.8 Å². The number of nitro benzene ring substituents is 1. The van der Waals surface area contributed by atoms with Crippen LogP contribution in [0.2, 0.25) is 0 Å². The summed E-state index contributed by atoms with van der Waals surface area (Å²) in [7, 11) is 0. The summed E-state index contributed by atoms with van der Waals surface area (Å²) in [6, 6.07) is 5.88. The molecule has 0 saturated carbocycles. The Labute approximate surface area is 117 Å². The van der Waals surface area contributed by atoms with Crippen LogP contribution in [0.15, 0.2) is 18.2 Å². The first kappa shape index (κ1) is 15.4. The molecule has 1 N–H and O–H groups in total. The fraction of sp³-hybridized carbons (Fsp3) is 0.385. The normalized spacial score (nSPS) is 9.65. The highest BCUT2D eigenvalue weighted by Crippen LogP contribution is 2.21. The van der Waals surface area contributed by atoms with E-state index in [0.717, 1.165) is 0 Å². The number of amides is 1. The van der Waals surface area contributed by atoms with Crippen LogP contribution in [0, 0.1) is 21.4 Å². The quantitative estimate of drug-likeness (QED) is 0.630. The van der Waals surface area contributed by atoms with Crippen LogP contribution in [0.25, 0.3) is 0 Å². The first-order valence-electron chi connectivity index (χ1n) is 6.23. The number of nitro groups is 1. The van der Waals surface area contributed by atoms with Crippen molar-refractivity contribution in [1.82, 2.24) is 4.90 Å². The van der Waals surface area contributed by atoms with Crippen molar-refractivity contribution in [2.75, 3.05) is 25.0 Å². The minimum Gasteiger partial charge on any atom is -0.376 e. The molecule has 0 fully saturated rings. The third-order valence-corrected chi connectivity index (χ3v) is 2.87. The average molecular weight is 276 g/mol. The minimum absolute atomic E-state index is 0.0321. The Kier molecular flexibility index (Phi) is 5.47. The zero-order valence-corrected chi connectivity index (χ0v) is 11.4. The summed E-state index contributed by atoms with van der Waals surface area (Å²) in [4.78, 5) is 23.6. The molecule has 1 amide bonds. The van der Waals surface area contributed by atoms with Gasteiger partial charge in [-0.25, -0.2) is 0 Å². The molecule has 0 heterocycles. The summed E-state index contributed by atoms with van der Waals surface area (Å²) in [6.45, 7) is 5.12. The molecule has 1 rings (SSSR count).